The van der Waals surface area contributed by atoms with Crippen LogP contribution in [0.25, 0.3) is 16.8 Å². The van der Waals surface area contributed by atoms with Crippen LogP contribution in [0.15, 0.2) is 55.1 Å². The van der Waals surface area contributed by atoms with E-state index >= 15 is 0 Å². The molecule has 2 atom stereocenters. The second-order valence-corrected chi connectivity index (χ2v) is 5.33. The summed E-state index contributed by atoms with van der Waals surface area (Å²) in [7, 11) is 0. The number of nitrogens with zero attached hydrogens (tertiary/aromatic N) is 2. The number of aromatic nitrogens is 3. The maximum absolute atomic E-state index is 4.37. The molecule has 2 aliphatic carbocycles. The summed E-state index contributed by atoms with van der Waals surface area (Å²) in [6.07, 6.45) is 5.00. The minimum atomic E-state index is 0.534. The Hall–Kier alpha value is -2.42. The number of rotatable bonds is 2. The molecule has 1 saturated carbocycles. The van der Waals surface area contributed by atoms with Crippen LogP contribution in [0.1, 0.15) is 23.6 Å². The van der Waals surface area contributed by atoms with Gasteiger partial charge in [-0.15, -0.1) is 0 Å². The van der Waals surface area contributed by atoms with E-state index in [0.29, 0.717) is 11.8 Å². The maximum atomic E-state index is 4.37. The fraction of sp³-hybridized carbons (Fsp3) is 0.176. The van der Waals surface area contributed by atoms with Gasteiger partial charge in [-0.3, -0.25) is 0 Å². The molecule has 20 heavy (non-hydrogen) atoms. The molecule has 0 bridgehead atoms. The minimum absolute atomic E-state index is 0.534. The zero-order valence-corrected chi connectivity index (χ0v) is 11.1. The van der Waals surface area contributed by atoms with Crippen molar-refractivity contribution in [2.75, 3.05) is 0 Å². The number of allylic oxidation sites excluding steroid dienone is 4. The third kappa shape index (κ3) is 1.40. The molecule has 3 heteroatoms. The smallest absolute Gasteiger partial charge is 0.121 e. The highest BCUT2D eigenvalue weighted by atomic mass is 15.3. The standard InChI is InChI=1S/C17H15N3/c1-3-10-11(4-2)16-17(19-20-18-16)13-8-6-5-7-12(13)15-9-14(10)15/h3-8,14-15H,1-2,9H2,(H,18,19,20)/b11-10-. The summed E-state index contributed by atoms with van der Waals surface area (Å²) in [5.41, 5.74) is 6.66. The molecule has 4 rings (SSSR count). The lowest BCUT2D eigenvalue weighted by atomic mass is 9.89. The van der Waals surface area contributed by atoms with E-state index in [4.69, 9.17) is 0 Å². The van der Waals surface area contributed by atoms with Gasteiger partial charge in [0.05, 0.1) is 0 Å². The first kappa shape index (κ1) is 11.4. The lowest BCUT2D eigenvalue weighted by Crippen LogP contribution is -2.00. The summed E-state index contributed by atoms with van der Waals surface area (Å²) in [5, 5.41) is 11.5. The Kier molecular flexibility index (Phi) is 2.30. The molecule has 0 amide bonds. The van der Waals surface area contributed by atoms with E-state index in [1.165, 1.54) is 23.1 Å². The summed E-state index contributed by atoms with van der Waals surface area (Å²) >= 11 is 0. The first-order chi connectivity index (χ1) is 9.85. The Morgan fingerprint density at radius 2 is 1.85 bits per heavy atom. The van der Waals surface area contributed by atoms with Gasteiger partial charge in [-0.05, 0) is 29.4 Å². The largest absolute Gasteiger partial charge is 0.197 e. The average molecular weight is 261 g/mol. The fourth-order valence-corrected chi connectivity index (χ4v) is 3.34. The Morgan fingerprint density at radius 3 is 2.65 bits per heavy atom. The monoisotopic (exact) mass is 261 g/mol. The lowest BCUT2D eigenvalue weighted by Gasteiger charge is -2.15. The summed E-state index contributed by atoms with van der Waals surface area (Å²) in [4.78, 5) is 0. The fourth-order valence-electron chi connectivity index (χ4n) is 3.34. The molecule has 1 heterocycles. The molecule has 1 aromatic carbocycles. The molecule has 1 aromatic heterocycles. The number of H-pyrrole nitrogens is 1. The van der Waals surface area contributed by atoms with Crippen molar-refractivity contribution in [3.8, 4) is 11.3 Å². The Morgan fingerprint density at radius 1 is 1.05 bits per heavy atom. The van der Waals surface area contributed by atoms with Crippen LogP contribution in [0, 0.1) is 5.92 Å². The molecule has 1 N–H and O–H groups in total. The number of aromatic amines is 1. The summed E-state index contributed by atoms with van der Waals surface area (Å²) in [6, 6.07) is 8.49. The Balaban J connectivity index is 2.07. The van der Waals surface area contributed by atoms with E-state index in [2.05, 4.69) is 52.8 Å². The van der Waals surface area contributed by atoms with Gasteiger partial charge in [-0.25, -0.2) is 0 Å². The molecule has 0 radical (unpaired) electrons. The highest BCUT2D eigenvalue weighted by molar-refractivity contribution is 5.87. The molecule has 0 aliphatic heterocycles. The Labute approximate surface area is 117 Å². The van der Waals surface area contributed by atoms with Crippen LogP contribution in [0.5, 0.6) is 0 Å². The molecule has 0 spiro atoms. The van der Waals surface area contributed by atoms with Gasteiger partial charge in [-0.1, -0.05) is 49.6 Å². The highest BCUT2D eigenvalue weighted by Crippen LogP contribution is 2.57. The van der Waals surface area contributed by atoms with Crippen molar-refractivity contribution in [2.45, 2.75) is 12.3 Å². The van der Waals surface area contributed by atoms with Crippen LogP contribution >= 0.6 is 0 Å². The van der Waals surface area contributed by atoms with Gasteiger partial charge in [-0.2, -0.15) is 15.4 Å². The van der Waals surface area contributed by atoms with Crippen molar-refractivity contribution in [3.63, 3.8) is 0 Å². The van der Waals surface area contributed by atoms with Gasteiger partial charge >= 0.3 is 0 Å². The third-order valence-corrected chi connectivity index (χ3v) is 4.34. The van der Waals surface area contributed by atoms with Crippen LogP contribution in [-0.4, -0.2) is 15.4 Å². The predicted octanol–water partition coefficient (Wildman–Crippen LogP) is 3.71. The molecule has 2 aliphatic rings. The quantitative estimate of drug-likeness (QED) is 0.895. The number of hydrogen-bond donors (Lipinski definition) is 1. The zero-order valence-electron chi connectivity index (χ0n) is 11.1. The van der Waals surface area contributed by atoms with Crippen molar-refractivity contribution >= 4 is 5.57 Å². The first-order valence-electron chi connectivity index (χ1n) is 6.84. The first-order valence-corrected chi connectivity index (χ1v) is 6.84. The third-order valence-electron chi connectivity index (χ3n) is 4.34. The molecule has 1 fully saturated rings. The lowest BCUT2D eigenvalue weighted by molar-refractivity contribution is 0.937. The molecule has 98 valence electrons. The van der Waals surface area contributed by atoms with Crippen molar-refractivity contribution < 1.29 is 0 Å². The summed E-state index contributed by atoms with van der Waals surface area (Å²) in [6.45, 7) is 7.94. The summed E-state index contributed by atoms with van der Waals surface area (Å²) in [5.74, 6) is 1.10. The molecule has 2 aromatic rings. The van der Waals surface area contributed by atoms with E-state index in [1.54, 1.807) is 0 Å². The molecule has 0 saturated heterocycles. The number of benzene rings is 1. The molecule has 3 nitrogen and oxygen atoms in total. The second-order valence-electron chi connectivity index (χ2n) is 5.33. The van der Waals surface area contributed by atoms with Crippen molar-refractivity contribution in [3.05, 3.63) is 66.4 Å². The molecular formula is C17H15N3. The van der Waals surface area contributed by atoms with Gasteiger partial charge in [0.2, 0.25) is 0 Å². The number of nitrogens with one attached hydrogen (secondary N) is 1. The van der Waals surface area contributed by atoms with E-state index < -0.39 is 0 Å². The van der Waals surface area contributed by atoms with Gasteiger partial charge in [0.15, 0.2) is 0 Å². The normalized spacial score (nSPS) is 26.6. The van der Waals surface area contributed by atoms with Gasteiger partial charge in [0.1, 0.15) is 11.4 Å². The van der Waals surface area contributed by atoms with Crippen LogP contribution in [0.3, 0.4) is 0 Å². The molecule has 2 unspecified atom stereocenters. The van der Waals surface area contributed by atoms with Crippen LogP contribution in [0.4, 0.5) is 0 Å². The van der Waals surface area contributed by atoms with Crippen molar-refractivity contribution in [1.29, 1.82) is 0 Å². The van der Waals surface area contributed by atoms with Crippen LogP contribution in [-0.2, 0) is 0 Å². The highest BCUT2D eigenvalue weighted by Gasteiger charge is 2.44. The maximum Gasteiger partial charge on any atom is 0.121 e. The number of fused-ring (bicyclic) bond motifs is 5. The zero-order chi connectivity index (χ0) is 13.7. The van der Waals surface area contributed by atoms with Crippen LogP contribution < -0.4 is 0 Å². The number of hydrogen-bond acceptors (Lipinski definition) is 2. The predicted molar refractivity (Wildman–Crippen MR) is 80.0 cm³/mol. The Bertz CT molecular complexity index is 751. The SMILES string of the molecule is C=C/C1=C(\C=C)C2CC2c2ccccc2-c2n[nH]nc21. The van der Waals surface area contributed by atoms with Crippen molar-refractivity contribution in [1.82, 2.24) is 15.4 Å². The van der Waals surface area contributed by atoms with E-state index in [9.17, 15) is 0 Å². The van der Waals surface area contributed by atoms with E-state index in [1.807, 2.05) is 12.2 Å². The van der Waals surface area contributed by atoms with Crippen molar-refractivity contribution in [2.24, 2.45) is 5.92 Å². The van der Waals surface area contributed by atoms with E-state index in [0.717, 1.165) is 17.0 Å². The summed E-state index contributed by atoms with van der Waals surface area (Å²) < 4.78 is 0. The van der Waals surface area contributed by atoms with Crippen LogP contribution in [0.2, 0.25) is 0 Å². The minimum Gasteiger partial charge on any atom is -0.197 e. The van der Waals surface area contributed by atoms with Gasteiger partial charge in [0.25, 0.3) is 0 Å². The van der Waals surface area contributed by atoms with E-state index in [-0.39, 0.29) is 0 Å². The van der Waals surface area contributed by atoms with Gasteiger partial charge in [0, 0.05) is 11.1 Å². The average Bonchev–Trinajstić information content (AvgIpc) is 3.11. The topological polar surface area (TPSA) is 41.6 Å². The second kappa shape index (κ2) is 4.04. The molecular weight excluding hydrogens is 246 g/mol. The van der Waals surface area contributed by atoms with Gasteiger partial charge < -0.3 is 0 Å².